The third kappa shape index (κ3) is 34.8. The molecule has 0 aliphatic rings. The zero-order chi connectivity index (χ0) is 25.3. The van der Waals surface area contributed by atoms with Crippen LogP contribution in [-0.4, -0.2) is 11.1 Å². The average molecular weight is 576 g/mol. The smallest absolute Gasteiger partial charge is 0.00313 e. The Morgan fingerprint density at radius 1 is 0.229 bits per heavy atom. The molecule has 0 N–H and O–H groups in total. The minimum atomic E-state index is 1.07. The Hall–Kier alpha value is 0.830. The molecule has 0 saturated heterocycles. The van der Waals surface area contributed by atoms with E-state index in [1.165, 1.54) is 204 Å². The lowest BCUT2D eigenvalue weighted by Gasteiger charge is -2.04. The standard InChI is InChI=1S/C33H67BrS/c34-32-30-28-26-24-22-20-18-16-14-12-10-8-6-4-2-1-3-5-7-9-11-13-15-17-19-21-23-25-27-29-31-33-35/h35H,1-33H2. The molecule has 0 radical (unpaired) electrons. The summed E-state index contributed by atoms with van der Waals surface area (Å²) in [5.74, 6) is 1.07. The van der Waals surface area contributed by atoms with Gasteiger partial charge in [0.1, 0.15) is 0 Å². The third-order valence-electron chi connectivity index (χ3n) is 7.79. The second-order valence-corrected chi connectivity index (χ2v) is 12.6. The van der Waals surface area contributed by atoms with E-state index in [1.807, 2.05) is 0 Å². The van der Waals surface area contributed by atoms with Gasteiger partial charge in [-0.25, -0.2) is 0 Å². The van der Waals surface area contributed by atoms with E-state index < -0.39 is 0 Å². The van der Waals surface area contributed by atoms with Crippen LogP contribution in [0.15, 0.2) is 0 Å². The lowest BCUT2D eigenvalue weighted by molar-refractivity contribution is 0.513. The molecule has 0 aromatic heterocycles. The summed E-state index contributed by atoms with van der Waals surface area (Å²) in [4.78, 5) is 0. The summed E-state index contributed by atoms with van der Waals surface area (Å²) < 4.78 is 0. The van der Waals surface area contributed by atoms with Crippen LogP contribution in [0.3, 0.4) is 0 Å². The summed E-state index contributed by atoms with van der Waals surface area (Å²) in [5.41, 5.74) is 0. The molecular formula is C33H67BrS. The van der Waals surface area contributed by atoms with Crippen LogP contribution in [-0.2, 0) is 0 Å². The van der Waals surface area contributed by atoms with Gasteiger partial charge in [-0.15, -0.1) is 0 Å². The van der Waals surface area contributed by atoms with E-state index in [2.05, 4.69) is 28.6 Å². The maximum absolute atomic E-state index is 4.28. The van der Waals surface area contributed by atoms with Crippen LogP contribution in [0.2, 0.25) is 0 Å². The summed E-state index contributed by atoms with van der Waals surface area (Å²) >= 11 is 7.80. The molecule has 2 heteroatoms. The molecule has 0 bridgehead atoms. The van der Waals surface area contributed by atoms with Crippen LogP contribution >= 0.6 is 28.6 Å². The average Bonchev–Trinajstić information content (AvgIpc) is 2.87. The third-order valence-corrected chi connectivity index (χ3v) is 8.67. The molecule has 0 aromatic rings. The molecule has 0 rings (SSSR count). The van der Waals surface area contributed by atoms with Crippen LogP contribution < -0.4 is 0 Å². The van der Waals surface area contributed by atoms with Gasteiger partial charge in [-0.3, -0.25) is 0 Å². The zero-order valence-electron chi connectivity index (χ0n) is 24.2. The van der Waals surface area contributed by atoms with E-state index >= 15 is 0 Å². The van der Waals surface area contributed by atoms with Gasteiger partial charge in [0.05, 0.1) is 0 Å². The van der Waals surface area contributed by atoms with E-state index in [0.717, 1.165) is 5.75 Å². The van der Waals surface area contributed by atoms with Gasteiger partial charge < -0.3 is 0 Å². The summed E-state index contributed by atoms with van der Waals surface area (Å²) in [5, 5.41) is 1.19. The highest BCUT2D eigenvalue weighted by Crippen LogP contribution is 2.16. The van der Waals surface area contributed by atoms with E-state index in [1.54, 1.807) is 0 Å². The Morgan fingerprint density at radius 3 is 0.514 bits per heavy atom. The number of rotatable bonds is 32. The van der Waals surface area contributed by atoms with Gasteiger partial charge in [0, 0.05) is 5.33 Å². The SMILES string of the molecule is SCCCCCCCCCCCCCCCCCCCCCCCCCCCCCCCCCBr. The first kappa shape index (κ1) is 35.8. The predicted molar refractivity (Wildman–Crippen MR) is 171 cm³/mol. The van der Waals surface area contributed by atoms with Gasteiger partial charge in [-0.1, -0.05) is 202 Å². The molecule has 0 heterocycles. The van der Waals surface area contributed by atoms with Crippen LogP contribution in [0.4, 0.5) is 0 Å². The quantitative estimate of drug-likeness (QED) is 0.0460. The van der Waals surface area contributed by atoms with Gasteiger partial charge in [-0.2, -0.15) is 12.6 Å². The maximum Gasteiger partial charge on any atom is 0.00313 e. The molecule has 0 amide bonds. The van der Waals surface area contributed by atoms with Crippen molar-refractivity contribution in [2.45, 2.75) is 199 Å². The normalized spacial score (nSPS) is 11.5. The van der Waals surface area contributed by atoms with Crippen LogP contribution in [0.1, 0.15) is 199 Å². The number of hydrogen-bond acceptors (Lipinski definition) is 1. The second-order valence-electron chi connectivity index (χ2n) is 11.4. The summed E-state index contributed by atoms with van der Waals surface area (Å²) in [6, 6.07) is 0. The van der Waals surface area contributed by atoms with Crippen molar-refractivity contribution in [1.82, 2.24) is 0 Å². The van der Waals surface area contributed by atoms with Crippen LogP contribution in [0.25, 0.3) is 0 Å². The van der Waals surface area contributed by atoms with Gasteiger partial charge in [0.2, 0.25) is 0 Å². The van der Waals surface area contributed by atoms with Crippen molar-refractivity contribution < 1.29 is 0 Å². The highest BCUT2D eigenvalue weighted by atomic mass is 79.9. The van der Waals surface area contributed by atoms with Gasteiger partial charge in [-0.05, 0) is 18.6 Å². The number of alkyl halides is 1. The topological polar surface area (TPSA) is 0 Å². The van der Waals surface area contributed by atoms with Gasteiger partial charge in [0.15, 0.2) is 0 Å². The molecule has 0 aliphatic heterocycles. The Kier molecular flexibility index (Phi) is 35.7. The Bertz CT molecular complexity index is 314. The van der Waals surface area contributed by atoms with Crippen molar-refractivity contribution in [2.24, 2.45) is 0 Å². The number of halogens is 1. The van der Waals surface area contributed by atoms with Gasteiger partial charge in [0.25, 0.3) is 0 Å². The summed E-state index contributed by atoms with van der Waals surface area (Å²) in [7, 11) is 0. The molecule has 0 fully saturated rings. The monoisotopic (exact) mass is 574 g/mol. The van der Waals surface area contributed by atoms with Gasteiger partial charge >= 0.3 is 0 Å². The van der Waals surface area contributed by atoms with Crippen molar-refractivity contribution in [3.63, 3.8) is 0 Å². The minimum Gasteiger partial charge on any atom is -0.179 e. The molecule has 212 valence electrons. The largest absolute Gasteiger partial charge is 0.179 e. The predicted octanol–water partition coefficient (Wildman–Crippen LogP) is 13.4. The van der Waals surface area contributed by atoms with E-state index in [9.17, 15) is 0 Å². The molecule has 0 aliphatic carbocycles. The molecule has 35 heavy (non-hydrogen) atoms. The van der Waals surface area contributed by atoms with E-state index in [0.29, 0.717) is 0 Å². The fourth-order valence-electron chi connectivity index (χ4n) is 5.33. The fraction of sp³-hybridized carbons (Fsp3) is 1.00. The van der Waals surface area contributed by atoms with Crippen molar-refractivity contribution in [3.8, 4) is 0 Å². The zero-order valence-corrected chi connectivity index (χ0v) is 26.6. The summed E-state index contributed by atoms with van der Waals surface area (Å²) in [6.07, 6.45) is 45.4. The van der Waals surface area contributed by atoms with E-state index in [-0.39, 0.29) is 0 Å². The maximum atomic E-state index is 4.28. The molecule has 0 unspecified atom stereocenters. The lowest BCUT2D eigenvalue weighted by Crippen LogP contribution is -1.85. The molecular weight excluding hydrogens is 508 g/mol. The second kappa shape index (κ2) is 34.8. The first-order valence-electron chi connectivity index (χ1n) is 16.6. The van der Waals surface area contributed by atoms with Crippen molar-refractivity contribution in [1.29, 1.82) is 0 Å². The Morgan fingerprint density at radius 2 is 0.371 bits per heavy atom. The Balaban J connectivity index is 3.00. The molecule has 0 nitrogen and oxygen atoms in total. The minimum absolute atomic E-state index is 1.07. The van der Waals surface area contributed by atoms with Crippen molar-refractivity contribution in [2.75, 3.05) is 11.1 Å². The number of unbranched alkanes of at least 4 members (excludes halogenated alkanes) is 30. The first-order chi connectivity index (χ1) is 17.4. The van der Waals surface area contributed by atoms with Crippen LogP contribution in [0.5, 0.6) is 0 Å². The molecule has 0 atom stereocenters. The van der Waals surface area contributed by atoms with Crippen molar-refractivity contribution >= 4 is 28.6 Å². The molecule has 0 aromatic carbocycles. The number of hydrogen-bond donors (Lipinski definition) is 1. The van der Waals surface area contributed by atoms with Crippen molar-refractivity contribution in [3.05, 3.63) is 0 Å². The number of thiol groups is 1. The van der Waals surface area contributed by atoms with Crippen LogP contribution in [0, 0.1) is 0 Å². The lowest BCUT2D eigenvalue weighted by atomic mass is 10.0. The highest BCUT2D eigenvalue weighted by Gasteiger charge is 1.97. The molecule has 0 spiro atoms. The first-order valence-corrected chi connectivity index (χ1v) is 18.3. The highest BCUT2D eigenvalue weighted by molar-refractivity contribution is 9.09. The molecule has 0 saturated carbocycles. The van der Waals surface area contributed by atoms with E-state index in [4.69, 9.17) is 0 Å². The summed E-state index contributed by atoms with van der Waals surface area (Å²) in [6.45, 7) is 0. The fourth-order valence-corrected chi connectivity index (χ4v) is 5.95. The Labute approximate surface area is 237 Å².